The lowest BCUT2D eigenvalue weighted by Crippen LogP contribution is -2.20. The summed E-state index contributed by atoms with van der Waals surface area (Å²) in [5.41, 5.74) is 12.3. The van der Waals surface area contributed by atoms with E-state index in [1.165, 1.54) is 99.0 Å². The summed E-state index contributed by atoms with van der Waals surface area (Å²) in [7, 11) is 0. The first-order valence-electron chi connectivity index (χ1n) is 18.8. The lowest BCUT2D eigenvalue weighted by atomic mass is 9.83. The fourth-order valence-corrected chi connectivity index (χ4v) is 9.61. The Labute approximate surface area is 313 Å². The highest BCUT2D eigenvalue weighted by Crippen LogP contribution is 2.59. The van der Waals surface area contributed by atoms with Crippen molar-refractivity contribution in [3.8, 4) is 39.1 Å². The van der Waals surface area contributed by atoms with E-state index in [4.69, 9.17) is 4.74 Å². The number of fused-ring (bicyclic) bond motifs is 6. The largest absolute Gasteiger partial charge is 0.483 e. The van der Waals surface area contributed by atoms with Crippen LogP contribution < -0.4 is 9.64 Å². The number of anilines is 2. The van der Waals surface area contributed by atoms with Crippen LogP contribution in [0.3, 0.4) is 0 Å². The Bertz CT molecular complexity index is 3100. The zero-order valence-electron chi connectivity index (χ0n) is 29.4. The SMILES string of the molecule is c1ccc(-c2cc(-c3cccc4ccccc34)c3ccc4ccc(-c5cccc(N6c7ccccc7C7Oc8ccccc8C76)c5)c5ccc2c3c45)cc1. The van der Waals surface area contributed by atoms with Gasteiger partial charge < -0.3 is 9.64 Å². The van der Waals surface area contributed by atoms with Crippen LogP contribution in [0, 0.1) is 0 Å². The van der Waals surface area contributed by atoms with Gasteiger partial charge >= 0.3 is 0 Å². The minimum Gasteiger partial charge on any atom is -0.483 e. The van der Waals surface area contributed by atoms with Gasteiger partial charge in [-0.15, -0.1) is 0 Å². The average Bonchev–Trinajstić information content (AvgIpc) is 3.77. The normalized spacial score (nSPS) is 15.9. The van der Waals surface area contributed by atoms with E-state index in [2.05, 4.69) is 193 Å². The third kappa shape index (κ3) is 4.17. The van der Waals surface area contributed by atoms with Crippen LogP contribution >= 0.6 is 0 Å². The minimum absolute atomic E-state index is 0.0356. The van der Waals surface area contributed by atoms with E-state index in [9.17, 15) is 0 Å². The third-order valence-electron chi connectivity index (χ3n) is 11.9. The number of para-hydroxylation sites is 2. The topological polar surface area (TPSA) is 12.5 Å². The number of rotatable bonds is 4. The molecule has 252 valence electrons. The molecule has 2 nitrogen and oxygen atoms in total. The molecule has 0 spiro atoms. The first kappa shape index (κ1) is 29.7. The van der Waals surface area contributed by atoms with Gasteiger partial charge in [-0.3, -0.25) is 0 Å². The Kier molecular flexibility index (Phi) is 6.20. The summed E-state index contributed by atoms with van der Waals surface area (Å²) in [5.74, 6) is 0.979. The number of benzene rings is 10. The number of nitrogens with zero attached hydrogens (tertiary/aromatic N) is 1. The van der Waals surface area contributed by atoms with Crippen LogP contribution in [0.1, 0.15) is 23.3 Å². The van der Waals surface area contributed by atoms with Gasteiger partial charge in [0, 0.05) is 22.5 Å². The molecule has 10 aromatic rings. The van der Waals surface area contributed by atoms with Gasteiger partial charge in [0.25, 0.3) is 0 Å². The van der Waals surface area contributed by atoms with Crippen molar-refractivity contribution in [1.29, 1.82) is 0 Å². The molecule has 0 radical (unpaired) electrons. The van der Waals surface area contributed by atoms with Crippen molar-refractivity contribution in [2.45, 2.75) is 12.1 Å². The van der Waals surface area contributed by atoms with Gasteiger partial charge in [-0.1, -0.05) is 158 Å². The zero-order valence-corrected chi connectivity index (χ0v) is 29.4. The van der Waals surface area contributed by atoms with Crippen molar-refractivity contribution in [1.82, 2.24) is 0 Å². The summed E-state index contributed by atoms with van der Waals surface area (Å²) >= 11 is 0. The maximum atomic E-state index is 6.61. The Morgan fingerprint density at radius 1 is 0.389 bits per heavy atom. The Hall–Kier alpha value is -6.90. The average molecular weight is 688 g/mol. The second kappa shape index (κ2) is 11.3. The molecule has 0 bridgehead atoms. The summed E-state index contributed by atoms with van der Waals surface area (Å²) in [5, 5.41) is 10.3. The number of ether oxygens (including phenoxy) is 1. The van der Waals surface area contributed by atoms with Crippen LogP contribution in [0.15, 0.2) is 188 Å². The van der Waals surface area contributed by atoms with E-state index in [1.807, 2.05) is 0 Å². The molecular formula is C52H33NO. The zero-order chi connectivity index (χ0) is 35.3. The van der Waals surface area contributed by atoms with Crippen LogP contribution in [0.4, 0.5) is 11.4 Å². The lowest BCUT2D eigenvalue weighted by molar-refractivity contribution is 0.223. The van der Waals surface area contributed by atoms with E-state index in [0.717, 1.165) is 5.75 Å². The monoisotopic (exact) mass is 687 g/mol. The van der Waals surface area contributed by atoms with Crippen LogP contribution in [-0.4, -0.2) is 0 Å². The number of hydrogen-bond acceptors (Lipinski definition) is 2. The molecule has 2 heterocycles. The molecule has 2 aliphatic rings. The van der Waals surface area contributed by atoms with E-state index < -0.39 is 0 Å². The molecule has 0 saturated heterocycles. The van der Waals surface area contributed by atoms with Gasteiger partial charge in [-0.2, -0.15) is 0 Å². The van der Waals surface area contributed by atoms with Crippen LogP contribution in [-0.2, 0) is 0 Å². The van der Waals surface area contributed by atoms with E-state index >= 15 is 0 Å². The molecule has 2 aliphatic heterocycles. The summed E-state index contributed by atoms with van der Waals surface area (Å²) in [6.45, 7) is 0. The highest BCUT2D eigenvalue weighted by molar-refractivity contribution is 6.30. The Morgan fingerprint density at radius 3 is 2.00 bits per heavy atom. The van der Waals surface area contributed by atoms with E-state index in [0.29, 0.717) is 0 Å². The Balaban J connectivity index is 1.09. The number of hydrogen-bond donors (Lipinski definition) is 0. The first-order chi connectivity index (χ1) is 26.8. The van der Waals surface area contributed by atoms with Crippen molar-refractivity contribution < 1.29 is 4.74 Å². The second-order valence-corrected chi connectivity index (χ2v) is 14.7. The smallest absolute Gasteiger partial charge is 0.151 e. The standard InChI is InChI=1S/C52H33NO/c1-2-12-33(13-3-1)45-31-46(39-21-11-15-32-14-4-5-18-37(32)39)42-27-25-34-24-26-38(40-28-29-41(45)50(42)49(34)40)35-16-10-17-36(30-35)53-47-22-8-6-19-43(47)52-51(53)44-20-7-9-23-48(44)54-52/h1-31,51-52H. The van der Waals surface area contributed by atoms with Gasteiger partial charge in [0.05, 0.1) is 0 Å². The molecule has 0 aliphatic carbocycles. The van der Waals surface area contributed by atoms with Crippen molar-refractivity contribution >= 4 is 54.5 Å². The second-order valence-electron chi connectivity index (χ2n) is 14.7. The molecular weight excluding hydrogens is 655 g/mol. The van der Waals surface area contributed by atoms with Crippen LogP contribution in [0.5, 0.6) is 5.75 Å². The van der Waals surface area contributed by atoms with Gasteiger partial charge in [-0.05, 0) is 107 Å². The van der Waals surface area contributed by atoms with Crippen molar-refractivity contribution in [3.05, 3.63) is 199 Å². The lowest BCUT2D eigenvalue weighted by Gasteiger charge is -2.27. The predicted molar refractivity (Wildman–Crippen MR) is 225 cm³/mol. The molecule has 10 aromatic carbocycles. The molecule has 0 aromatic heterocycles. The maximum absolute atomic E-state index is 6.61. The van der Waals surface area contributed by atoms with Crippen molar-refractivity contribution in [2.75, 3.05) is 4.90 Å². The molecule has 12 rings (SSSR count). The molecule has 0 fully saturated rings. The summed E-state index contributed by atoms with van der Waals surface area (Å²) in [6.07, 6.45) is -0.0356. The molecule has 2 heteroatoms. The predicted octanol–water partition coefficient (Wildman–Crippen LogP) is 14.1. The molecule has 2 atom stereocenters. The van der Waals surface area contributed by atoms with E-state index in [1.54, 1.807) is 0 Å². The fraction of sp³-hybridized carbons (Fsp3) is 0.0385. The summed E-state index contributed by atoms with van der Waals surface area (Å²) in [6, 6.07) is 69.2. The summed E-state index contributed by atoms with van der Waals surface area (Å²) < 4.78 is 6.61. The molecule has 0 N–H and O–H groups in total. The van der Waals surface area contributed by atoms with Crippen molar-refractivity contribution in [2.24, 2.45) is 0 Å². The molecule has 54 heavy (non-hydrogen) atoms. The van der Waals surface area contributed by atoms with Gasteiger partial charge in [0.1, 0.15) is 11.8 Å². The summed E-state index contributed by atoms with van der Waals surface area (Å²) in [4.78, 5) is 2.49. The van der Waals surface area contributed by atoms with Gasteiger partial charge in [0.2, 0.25) is 0 Å². The minimum atomic E-state index is -0.0356. The quantitative estimate of drug-likeness (QED) is 0.171. The van der Waals surface area contributed by atoms with E-state index in [-0.39, 0.29) is 12.1 Å². The van der Waals surface area contributed by atoms with Gasteiger partial charge in [0.15, 0.2) is 6.10 Å². The molecule has 0 saturated carbocycles. The highest BCUT2D eigenvalue weighted by Gasteiger charge is 2.47. The van der Waals surface area contributed by atoms with Crippen LogP contribution in [0.2, 0.25) is 0 Å². The third-order valence-corrected chi connectivity index (χ3v) is 11.9. The molecule has 2 unspecified atom stereocenters. The highest BCUT2D eigenvalue weighted by atomic mass is 16.5. The van der Waals surface area contributed by atoms with Crippen LogP contribution in [0.25, 0.3) is 76.5 Å². The fourth-order valence-electron chi connectivity index (χ4n) is 9.61. The Morgan fingerprint density at radius 2 is 1.07 bits per heavy atom. The van der Waals surface area contributed by atoms with Gasteiger partial charge in [-0.25, -0.2) is 0 Å². The van der Waals surface area contributed by atoms with Crippen molar-refractivity contribution in [3.63, 3.8) is 0 Å². The molecule has 0 amide bonds. The maximum Gasteiger partial charge on any atom is 0.151 e. The first-order valence-corrected chi connectivity index (χ1v) is 18.8.